The quantitative estimate of drug-likeness (QED) is 0.123. The predicted molar refractivity (Wildman–Crippen MR) is 146 cm³/mol. The lowest BCUT2D eigenvalue weighted by molar-refractivity contribution is -0.385. The number of hydrogen-bond acceptors (Lipinski definition) is 7. The zero-order chi connectivity index (χ0) is 26.1. The van der Waals surface area contributed by atoms with Gasteiger partial charge in [0, 0.05) is 65.0 Å². The summed E-state index contributed by atoms with van der Waals surface area (Å²) in [7, 11) is 0. The van der Waals surface area contributed by atoms with Crippen molar-refractivity contribution in [1.82, 2.24) is 9.97 Å². The van der Waals surface area contributed by atoms with E-state index in [0.717, 1.165) is 0 Å². The second-order valence-electron chi connectivity index (χ2n) is 7.50. The maximum atomic E-state index is 12.1. The third-order valence-corrected chi connectivity index (χ3v) is 5.79. The van der Waals surface area contributed by atoms with Gasteiger partial charge in [0.25, 0.3) is 5.69 Å². The van der Waals surface area contributed by atoms with Crippen LogP contribution in [0.15, 0.2) is 85.5 Å². The highest BCUT2D eigenvalue weighted by Gasteiger charge is 2.20. The highest BCUT2D eigenvalue weighted by atomic mass is 35.5. The van der Waals surface area contributed by atoms with Gasteiger partial charge < -0.3 is 5.73 Å². The molecule has 0 spiro atoms. The Bertz CT molecular complexity index is 1420. The Hall–Kier alpha value is -3.85. The Morgan fingerprint density at radius 1 is 0.784 bits per heavy atom. The van der Waals surface area contributed by atoms with Crippen LogP contribution in [0, 0.1) is 10.1 Å². The standard InChI is InChI=1S/C13H9ClN2O3.C13H11ClN2O.ClH/c14-11-5-6-15-8-9(11)7-13(17)10-3-1-2-4-12(10)16(18)19;14-11-5-6-16-8-9(11)7-13(17)10-3-1-2-4-12(10)15;/h1-6,8H,7H2;1-6,8H,7,15H2;1H. The third-order valence-electron chi connectivity index (χ3n) is 5.05. The van der Waals surface area contributed by atoms with E-state index in [-0.39, 0.29) is 48.1 Å². The lowest BCUT2D eigenvalue weighted by atomic mass is 10.0. The third kappa shape index (κ3) is 8.08. The minimum atomic E-state index is -0.571. The number of pyridine rings is 2. The van der Waals surface area contributed by atoms with Crippen LogP contribution >= 0.6 is 35.6 Å². The van der Waals surface area contributed by atoms with Crippen LogP contribution in [0.25, 0.3) is 0 Å². The number of nitrogens with two attached hydrogens (primary N) is 1. The molecule has 4 rings (SSSR count). The number of benzene rings is 2. The van der Waals surface area contributed by atoms with Crippen LogP contribution in [0.5, 0.6) is 0 Å². The van der Waals surface area contributed by atoms with Crippen LogP contribution in [-0.4, -0.2) is 26.5 Å². The SMILES string of the molecule is Cl.Nc1ccccc1C(=O)Cc1cnccc1Cl.O=C(Cc1cnccc1Cl)c1ccccc1[N+](=O)[O-]. The van der Waals surface area contributed by atoms with Crippen molar-refractivity contribution in [2.24, 2.45) is 0 Å². The van der Waals surface area contributed by atoms with Crippen LogP contribution in [0.1, 0.15) is 31.8 Å². The Balaban J connectivity index is 0.000000255. The summed E-state index contributed by atoms with van der Waals surface area (Å²) in [6.45, 7) is 0. The molecular formula is C26H21Cl3N4O4. The Kier molecular flexibility index (Phi) is 11.1. The van der Waals surface area contributed by atoms with Crippen LogP contribution in [0.3, 0.4) is 0 Å². The first-order valence-electron chi connectivity index (χ1n) is 10.6. The molecule has 0 amide bonds. The van der Waals surface area contributed by atoms with Gasteiger partial charge in [-0.05, 0) is 41.5 Å². The van der Waals surface area contributed by atoms with Gasteiger partial charge in [0.15, 0.2) is 11.6 Å². The molecule has 0 aliphatic rings. The molecule has 0 aliphatic carbocycles. The van der Waals surface area contributed by atoms with Gasteiger partial charge in [0.05, 0.1) is 10.5 Å². The number of carbonyl (C=O) groups excluding carboxylic acids is 2. The molecule has 2 aromatic carbocycles. The van der Waals surface area contributed by atoms with Crippen molar-refractivity contribution in [3.63, 3.8) is 0 Å². The van der Waals surface area contributed by atoms with Crippen molar-refractivity contribution in [3.8, 4) is 0 Å². The zero-order valence-electron chi connectivity index (χ0n) is 19.2. The molecule has 0 bridgehead atoms. The fraction of sp³-hybridized carbons (Fsp3) is 0.0769. The molecule has 4 aromatic rings. The summed E-state index contributed by atoms with van der Waals surface area (Å²) in [6.07, 6.45) is 6.38. The number of ketones is 2. The molecule has 0 fully saturated rings. The summed E-state index contributed by atoms with van der Waals surface area (Å²) in [5.74, 6) is -0.416. The molecule has 0 aliphatic heterocycles. The molecular weight excluding hydrogens is 539 g/mol. The van der Waals surface area contributed by atoms with E-state index >= 15 is 0 Å². The van der Waals surface area contributed by atoms with E-state index in [1.54, 1.807) is 54.9 Å². The molecule has 2 aromatic heterocycles. The maximum Gasteiger partial charge on any atom is 0.280 e. The average Bonchev–Trinajstić information content (AvgIpc) is 2.87. The lowest BCUT2D eigenvalue weighted by Crippen LogP contribution is -2.07. The van der Waals surface area contributed by atoms with Gasteiger partial charge >= 0.3 is 0 Å². The smallest absolute Gasteiger partial charge is 0.280 e. The van der Waals surface area contributed by atoms with E-state index in [4.69, 9.17) is 28.9 Å². The highest BCUT2D eigenvalue weighted by molar-refractivity contribution is 6.32. The molecule has 0 atom stereocenters. The molecule has 2 heterocycles. The number of carbonyl (C=O) groups is 2. The Morgan fingerprint density at radius 3 is 1.73 bits per heavy atom. The predicted octanol–water partition coefficient (Wildman–Crippen LogP) is 6.23. The van der Waals surface area contributed by atoms with Gasteiger partial charge in [-0.2, -0.15) is 0 Å². The van der Waals surface area contributed by atoms with Crippen molar-refractivity contribution in [3.05, 3.63) is 128 Å². The van der Waals surface area contributed by atoms with Crippen molar-refractivity contribution >= 4 is 58.6 Å². The van der Waals surface area contributed by atoms with E-state index in [0.29, 0.717) is 32.4 Å². The highest BCUT2D eigenvalue weighted by Crippen LogP contribution is 2.22. The normalized spacial score (nSPS) is 9.89. The number of hydrogen-bond donors (Lipinski definition) is 1. The number of anilines is 1. The van der Waals surface area contributed by atoms with Crippen LogP contribution in [0.4, 0.5) is 11.4 Å². The number of aromatic nitrogens is 2. The second-order valence-corrected chi connectivity index (χ2v) is 8.31. The number of nitro benzene ring substituents is 1. The van der Waals surface area contributed by atoms with Gasteiger partial charge in [-0.3, -0.25) is 29.7 Å². The first kappa shape index (κ1) is 29.4. The van der Waals surface area contributed by atoms with Crippen LogP contribution < -0.4 is 5.73 Å². The molecule has 11 heteroatoms. The van der Waals surface area contributed by atoms with E-state index < -0.39 is 4.92 Å². The summed E-state index contributed by atoms with van der Waals surface area (Å²) in [6, 6.07) is 16.1. The van der Waals surface area contributed by atoms with Crippen LogP contribution in [-0.2, 0) is 12.8 Å². The van der Waals surface area contributed by atoms with Gasteiger partial charge in [-0.15, -0.1) is 12.4 Å². The van der Waals surface area contributed by atoms with Crippen molar-refractivity contribution in [2.45, 2.75) is 12.8 Å². The molecule has 2 N–H and O–H groups in total. The molecule has 190 valence electrons. The number of nitrogens with zero attached hydrogens (tertiary/aromatic N) is 3. The van der Waals surface area contributed by atoms with Crippen molar-refractivity contribution in [2.75, 3.05) is 5.73 Å². The number of rotatable bonds is 7. The second kappa shape index (κ2) is 14.0. The lowest BCUT2D eigenvalue weighted by Gasteiger charge is -2.05. The summed E-state index contributed by atoms with van der Waals surface area (Å²) < 4.78 is 0. The topological polar surface area (TPSA) is 129 Å². The molecule has 0 saturated heterocycles. The van der Waals surface area contributed by atoms with E-state index in [9.17, 15) is 19.7 Å². The number of nitrogen functional groups attached to an aromatic ring is 1. The van der Waals surface area contributed by atoms with Gasteiger partial charge in [-0.25, -0.2) is 0 Å². The van der Waals surface area contributed by atoms with Crippen LogP contribution in [0.2, 0.25) is 10.0 Å². The largest absolute Gasteiger partial charge is 0.398 e. The first-order valence-corrected chi connectivity index (χ1v) is 11.3. The van der Waals surface area contributed by atoms with Gasteiger partial charge in [0.1, 0.15) is 0 Å². The molecule has 0 saturated carbocycles. The minimum Gasteiger partial charge on any atom is -0.398 e. The van der Waals surface area contributed by atoms with E-state index in [1.807, 2.05) is 0 Å². The molecule has 8 nitrogen and oxygen atoms in total. The zero-order valence-corrected chi connectivity index (χ0v) is 21.5. The van der Waals surface area contributed by atoms with Crippen molar-refractivity contribution < 1.29 is 14.5 Å². The molecule has 0 unspecified atom stereocenters. The molecule has 37 heavy (non-hydrogen) atoms. The first-order chi connectivity index (χ1) is 17.3. The fourth-order valence-electron chi connectivity index (χ4n) is 3.24. The number of nitro groups is 1. The summed E-state index contributed by atoms with van der Waals surface area (Å²) >= 11 is 11.9. The fourth-order valence-corrected chi connectivity index (χ4v) is 3.58. The van der Waals surface area contributed by atoms with Gasteiger partial charge in [-0.1, -0.05) is 47.5 Å². The number of para-hydroxylation sites is 2. The summed E-state index contributed by atoms with van der Waals surface area (Å²) in [5, 5.41) is 11.8. The Labute approximate surface area is 229 Å². The monoisotopic (exact) mass is 558 g/mol. The number of Topliss-reactive ketones (excluding diaryl/α,β-unsaturated/α-hetero) is 2. The van der Waals surface area contributed by atoms with E-state index in [1.165, 1.54) is 30.6 Å². The number of halogens is 3. The summed E-state index contributed by atoms with van der Waals surface area (Å²) in [5.41, 5.74) is 7.88. The average molecular weight is 560 g/mol. The van der Waals surface area contributed by atoms with E-state index in [2.05, 4.69) is 9.97 Å². The van der Waals surface area contributed by atoms with Gasteiger partial charge in [0.2, 0.25) is 0 Å². The minimum absolute atomic E-state index is 0. The van der Waals surface area contributed by atoms with Crippen molar-refractivity contribution in [1.29, 1.82) is 0 Å². The Morgan fingerprint density at radius 2 is 1.24 bits per heavy atom. The summed E-state index contributed by atoms with van der Waals surface area (Å²) in [4.78, 5) is 42.2. The maximum absolute atomic E-state index is 12.1. The molecule has 0 radical (unpaired) electrons.